The highest BCUT2D eigenvalue weighted by Gasteiger charge is 2.35. The summed E-state index contributed by atoms with van der Waals surface area (Å²) in [4.78, 5) is 30.5. The Balaban J connectivity index is 2.02. The SMILES string of the molecule is CC(=O)C1C(C)=C(Cl)c2nc(-c3ccccn3)c(-c3ccccn3)nc21. The number of aromatic nitrogens is 4. The first-order chi connectivity index (χ1) is 12.6. The van der Waals surface area contributed by atoms with Crippen LogP contribution in [0.25, 0.3) is 27.8 Å². The summed E-state index contributed by atoms with van der Waals surface area (Å²) in [5.41, 5.74) is 4.44. The normalized spacial score (nSPS) is 15.9. The first-order valence-corrected chi connectivity index (χ1v) is 8.57. The number of nitrogens with zero attached hydrogens (tertiary/aromatic N) is 4. The van der Waals surface area contributed by atoms with E-state index in [9.17, 15) is 4.79 Å². The van der Waals surface area contributed by atoms with Gasteiger partial charge in [0, 0.05) is 12.4 Å². The van der Waals surface area contributed by atoms with Crippen molar-refractivity contribution in [1.29, 1.82) is 0 Å². The maximum atomic E-state index is 12.2. The van der Waals surface area contributed by atoms with E-state index in [0.29, 0.717) is 39.2 Å². The van der Waals surface area contributed by atoms with E-state index in [-0.39, 0.29) is 5.78 Å². The lowest BCUT2D eigenvalue weighted by atomic mass is 9.97. The minimum atomic E-state index is -0.467. The molecular formula is C20H15ClN4O. The van der Waals surface area contributed by atoms with Gasteiger partial charge in [-0.15, -0.1) is 0 Å². The number of hydrogen-bond donors (Lipinski definition) is 0. The molecule has 3 aromatic rings. The molecule has 6 heteroatoms. The number of carbonyl (C=O) groups excluding carboxylic acids is 1. The zero-order valence-electron chi connectivity index (χ0n) is 14.3. The molecule has 0 saturated heterocycles. The number of allylic oxidation sites excluding steroid dienone is 1. The van der Waals surface area contributed by atoms with Gasteiger partial charge in [-0.25, -0.2) is 9.97 Å². The van der Waals surface area contributed by atoms with E-state index in [4.69, 9.17) is 21.6 Å². The molecule has 3 heterocycles. The van der Waals surface area contributed by atoms with Crippen molar-refractivity contribution in [3.8, 4) is 22.8 Å². The van der Waals surface area contributed by atoms with Crippen LogP contribution in [0.1, 0.15) is 31.2 Å². The van der Waals surface area contributed by atoms with Crippen LogP contribution in [0, 0.1) is 0 Å². The molecule has 0 bridgehead atoms. The largest absolute Gasteiger partial charge is 0.299 e. The maximum Gasteiger partial charge on any atom is 0.143 e. The average Bonchev–Trinajstić information content (AvgIpc) is 2.92. The Morgan fingerprint density at radius 3 is 2.00 bits per heavy atom. The Bertz CT molecular complexity index is 1030. The standard InChI is InChI=1S/C20H15ClN4O/c1-11-15(12(2)26)19-20(16(11)21)25-18(14-8-4-6-10-23-14)17(24-19)13-7-3-5-9-22-13/h3-10,15H,1-2H3. The van der Waals surface area contributed by atoms with Gasteiger partial charge in [0.25, 0.3) is 0 Å². The van der Waals surface area contributed by atoms with Gasteiger partial charge in [0.15, 0.2) is 0 Å². The van der Waals surface area contributed by atoms with E-state index in [2.05, 4.69) is 9.97 Å². The second kappa shape index (κ2) is 6.42. The molecule has 3 aromatic heterocycles. The summed E-state index contributed by atoms with van der Waals surface area (Å²) in [5.74, 6) is -0.475. The van der Waals surface area contributed by atoms with Gasteiger partial charge in [-0.05, 0) is 43.7 Å². The van der Waals surface area contributed by atoms with E-state index >= 15 is 0 Å². The molecule has 1 unspecified atom stereocenters. The fraction of sp³-hybridized carbons (Fsp3) is 0.150. The van der Waals surface area contributed by atoms with Crippen molar-refractivity contribution in [2.45, 2.75) is 19.8 Å². The number of halogens is 1. The number of hydrogen-bond acceptors (Lipinski definition) is 5. The van der Waals surface area contributed by atoms with Crippen molar-refractivity contribution >= 4 is 22.4 Å². The highest BCUT2D eigenvalue weighted by Crippen LogP contribution is 2.44. The van der Waals surface area contributed by atoms with Crippen LogP contribution in [0.15, 0.2) is 54.4 Å². The van der Waals surface area contributed by atoms with E-state index in [0.717, 1.165) is 5.57 Å². The van der Waals surface area contributed by atoms with Crippen molar-refractivity contribution in [2.24, 2.45) is 0 Å². The lowest BCUT2D eigenvalue weighted by molar-refractivity contribution is -0.117. The molecule has 128 valence electrons. The van der Waals surface area contributed by atoms with Crippen LogP contribution in [0.4, 0.5) is 0 Å². The number of Topliss-reactive ketones (excluding diaryl/α,β-unsaturated/α-hetero) is 1. The fourth-order valence-electron chi connectivity index (χ4n) is 3.19. The van der Waals surface area contributed by atoms with Gasteiger partial charge in [0.2, 0.25) is 0 Å². The van der Waals surface area contributed by atoms with Gasteiger partial charge < -0.3 is 0 Å². The molecule has 26 heavy (non-hydrogen) atoms. The molecular weight excluding hydrogens is 348 g/mol. The third-order valence-electron chi connectivity index (χ3n) is 4.40. The molecule has 0 fully saturated rings. The zero-order valence-corrected chi connectivity index (χ0v) is 15.0. The van der Waals surface area contributed by atoms with Crippen LogP contribution >= 0.6 is 11.6 Å². The van der Waals surface area contributed by atoms with Gasteiger partial charge in [0.1, 0.15) is 22.9 Å². The van der Waals surface area contributed by atoms with E-state index < -0.39 is 5.92 Å². The first-order valence-electron chi connectivity index (χ1n) is 8.19. The molecule has 0 radical (unpaired) electrons. The van der Waals surface area contributed by atoms with E-state index in [1.165, 1.54) is 0 Å². The van der Waals surface area contributed by atoms with Crippen molar-refractivity contribution in [3.05, 3.63) is 65.8 Å². The first kappa shape index (κ1) is 16.5. The summed E-state index contributed by atoms with van der Waals surface area (Å²) in [5, 5.41) is 0.484. The summed E-state index contributed by atoms with van der Waals surface area (Å²) in [6.45, 7) is 3.39. The second-order valence-corrected chi connectivity index (χ2v) is 6.50. The molecule has 0 aliphatic heterocycles. The molecule has 1 aliphatic rings. The molecule has 0 amide bonds. The van der Waals surface area contributed by atoms with Gasteiger partial charge in [-0.1, -0.05) is 23.7 Å². The average molecular weight is 363 g/mol. The third kappa shape index (κ3) is 2.61. The summed E-state index contributed by atoms with van der Waals surface area (Å²) in [6, 6.07) is 11.2. The fourth-order valence-corrected chi connectivity index (χ4v) is 3.44. The van der Waals surface area contributed by atoms with Gasteiger partial charge in [-0.2, -0.15) is 0 Å². The topological polar surface area (TPSA) is 68.6 Å². The van der Waals surface area contributed by atoms with E-state index in [1.807, 2.05) is 43.3 Å². The van der Waals surface area contributed by atoms with Gasteiger partial charge in [0.05, 0.1) is 28.0 Å². The summed E-state index contributed by atoms with van der Waals surface area (Å²) >= 11 is 6.48. The lowest BCUT2D eigenvalue weighted by Crippen LogP contribution is -2.11. The van der Waals surface area contributed by atoms with Gasteiger partial charge >= 0.3 is 0 Å². The van der Waals surface area contributed by atoms with Crippen LogP contribution in [0.5, 0.6) is 0 Å². The number of carbonyl (C=O) groups is 1. The minimum Gasteiger partial charge on any atom is -0.299 e. The lowest BCUT2D eigenvalue weighted by Gasteiger charge is -2.13. The Labute approximate surface area is 155 Å². The monoisotopic (exact) mass is 362 g/mol. The molecule has 5 nitrogen and oxygen atoms in total. The molecule has 0 saturated carbocycles. The maximum absolute atomic E-state index is 12.2. The summed E-state index contributed by atoms with van der Waals surface area (Å²) in [7, 11) is 0. The van der Waals surface area contributed by atoms with Crippen molar-refractivity contribution in [3.63, 3.8) is 0 Å². The smallest absolute Gasteiger partial charge is 0.143 e. The summed E-state index contributed by atoms with van der Waals surface area (Å²) in [6.07, 6.45) is 3.40. The third-order valence-corrected chi connectivity index (χ3v) is 4.88. The number of pyridine rings is 2. The van der Waals surface area contributed by atoms with Gasteiger partial charge in [-0.3, -0.25) is 14.8 Å². The number of fused-ring (bicyclic) bond motifs is 1. The minimum absolute atomic E-state index is 0.00810. The Morgan fingerprint density at radius 1 is 0.923 bits per heavy atom. The van der Waals surface area contributed by atoms with Crippen LogP contribution in [-0.4, -0.2) is 25.7 Å². The molecule has 0 aromatic carbocycles. The molecule has 0 spiro atoms. The Kier molecular flexibility index (Phi) is 4.09. The highest BCUT2D eigenvalue weighted by atomic mass is 35.5. The van der Waals surface area contributed by atoms with E-state index in [1.54, 1.807) is 19.3 Å². The quantitative estimate of drug-likeness (QED) is 0.696. The number of ketones is 1. The Morgan fingerprint density at radius 2 is 1.50 bits per heavy atom. The van der Waals surface area contributed by atoms with Crippen LogP contribution in [0.2, 0.25) is 0 Å². The zero-order chi connectivity index (χ0) is 18.3. The number of rotatable bonds is 3. The second-order valence-electron chi connectivity index (χ2n) is 6.13. The van der Waals surface area contributed by atoms with Crippen LogP contribution in [0.3, 0.4) is 0 Å². The Hall–Kier alpha value is -2.92. The summed E-state index contributed by atoms with van der Waals surface area (Å²) < 4.78 is 0. The van der Waals surface area contributed by atoms with Crippen LogP contribution < -0.4 is 0 Å². The predicted molar refractivity (Wildman–Crippen MR) is 100 cm³/mol. The van der Waals surface area contributed by atoms with Crippen molar-refractivity contribution < 1.29 is 4.79 Å². The van der Waals surface area contributed by atoms with Crippen molar-refractivity contribution in [1.82, 2.24) is 19.9 Å². The predicted octanol–water partition coefficient (Wildman–Crippen LogP) is 4.26. The molecule has 1 atom stereocenters. The van der Waals surface area contributed by atoms with Crippen LogP contribution in [-0.2, 0) is 4.79 Å². The molecule has 4 rings (SSSR count). The molecule has 1 aliphatic carbocycles. The molecule has 0 N–H and O–H groups in total. The highest BCUT2D eigenvalue weighted by molar-refractivity contribution is 6.50. The van der Waals surface area contributed by atoms with Crippen molar-refractivity contribution in [2.75, 3.05) is 0 Å².